The SMILES string of the molecule is CC1CCN(S(=O)(=O)N2CCC[C@@H](c3cccc(C(=O)O)c3)C2)CC1. The zero-order valence-corrected chi connectivity index (χ0v) is 15.4. The van der Waals surface area contributed by atoms with E-state index in [1.165, 1.54) is 0 Å². The van der Waals surface area contributed by atoms with Gasteiger partial charge in [0.25, 0.3) is 10.2 Å². The molecular formula is C18H26N2O4S. The van der Waals surface area contributed by atoms with Crippen LogP contribution < -0.4 is 0 Å². The van der Waals surface area contributed by atoms with Crippen molar-refractivity contribution in [3.05, 3.63) is 35.4 Å². The molecule has 2 aliphatic heterocycles. The molecule has 0 aliphatic carbocycles. The lowest BCUT2D eigenvalue weighted by Gasteiger charge is -2.38. The van der Waals surface area contributed by atoms with Gasteiger partial charge in [0.05, 0.1) is 5.56 Å². The average molecular weight is 366 g/mol. The number of piperidine rings is 2. The highest BCUT2D eigenvalue weighted by Gasteiger charge is 2.35. The Kier molecular flexibility index (Phi) is 5.46. The molecule has 0 spiro atoms. The molecular weight excluding hydrogens is 340 g/mol. The van der Waals surface area contributed by atoms with Gasteiger partial charge in [0, 0.05) is 26.2 Å². The van der Waals surface area contributed by atoms with Crippen LogP contribution in [0.3, 0.4) is 0 Å². The third-order valence-electron chi connectivity index (χ3n) is 5.38. The number of hydrogen-bond donors (Lipinski definition) is 1. The maximum absolute atomic E-state index is 13.0. The molecule has 1 aromatic rings. The Morgan fingerprint density at radius 1 is 1.12 bits per heavy atom. The summed E-state index contributed by atoms with van der Waals surface area (Å²) in [5, 5.41) is 9.17. The van der Waals surface area contributed by atoms with E-state index in [9.17, 15) is 13.2 Å². The third-order valence-corrected chi connectivity index (χ3v) is 7.39. The summed E-state index contributed by atoms with van der Waals surface area (Å²) < 4.78 is 29.1. The number of benzene rings is 1. The van der Waals surface area contributed by atoms with Gasteiger partial charge in [-0.2, -0.15) is 17.0 Å². The lowest BCUT2D eigenvalue weighted by molar-refractivity contribution is 0.0696. The van der Waals surface area contributed by atoms with Gasteiger partial charge in [-0.05, 0) is 55.2 Å². The maximum Gasteiger partial charge on any atom is 0.335 e. The van der Waals surface area contributed by atoms with Crippen molar-refractivity contribution in [1.29, 1.82) is 0 Å². The van der Waals surface area contributed by atoms with Crippen molar-refractivity contribution < 1.29 is 18.3 Å². The largest absolute Gasteiger partial charge is 0.478 e. The third kappa shape index (κ3) is 4.04. The predicted molar refractivity (Wildman–Crippen MR) is 95.8 cm³/mol. The van der Waals surface area contributed by atoms with Crippen molar-refractivity contribution in [3.63, 3.8) is 0 Å². The summed E-state index contributed by atoms with van der Waals surface area (Å²) in [6.07, 6.45) is 3.51. The van der Waals surface area contributed by atoms with Crippen LogP contribution in [0.5, 0.6) is 0 Å². The fourth-order valence-electron chi connectivity index (χ4n) is 3.73. The van der Waals surface area contributed by atoms with Crippen molar-refractivity contribution in [3.8, 4) is 0 Å². The van der Waals surface area contributed by atoms with Crippen molar-refractivity contribution in [2.45, 2.75) is 38.5 Å². The summed E-state index contributed by atoms with van der Waals surface area (Å²) in [4.78, 5) is 11.2. The molecule has 0 saturated carbocycles. The molecule has 0 aromatic heterocycles. The van der Waals surface area contributed by atoms with E-state index in [-0.39, 0.29) is 11.5 Å². The smallest absolute Gasteiger partial charge is 0.335 e. The van der Waals surface area contributed by atoms with Gasteiger partial charge in [0.15, 0.2) is 0 Å². The monoisotopic (exact) mass is 366 g/mol. The van der Waals surface area contributed by atoms with Crippen LogP contribution in [0.1, 0.15) is 54.4 Å². The van der Waals surface area contributed by atoms with Gasteiger partial charge in [0.2, 0.25) is 0 Å². The van der Waals surface area contributed by atoms with Gasteiger partial charge in [-0.1, -0.05) is 19.1 Å². The number of hydrogen-bond acceptors (Lipinski definition) is 3. The van der Waals surface area contributed by atoms with E-state index in [0.717, 1.165) is 31.2 Å². The normalized spacial score (nSPS) is 24.3. The lowest BCUT2D eigenvalue weighted by Crippen LogP contribution is -2.49. The molecule has 1 aromatic carbocycles. The van der Waals surface area contributed by atoms with Gasteiger partial charge < -0.3 is 5.11 Å². The summed E-state index contributed by atoms with van der Waals surface area (Å²) in [6, 6.07) is 6.87. The van der Waals surface area contributed by atoms with Gasteiger partial charge >= 0.3 is 5.97 Å². The fraction of sp³-hybridized carbons (Fsp3) is 0.611. The first-order valence-electron chi connectivity index (χ1n) is 8.96. The minimum Gasteiger partial charge on any atom is -0.478 e. The molecule has 25 heavy (non-hydrogen) atoms. The summed E-state index contributed by atoms with van der Waals surface area (Å²) >= 11 is 0. The van der Waals surface area contributed by atoms with Crippen LogP contribution in [-0.2, 0) is 10.2 Å². The summed E-state index contributed by atoms with van der Waals surface area (Å²) in [5.74, 6) is -0.324. The Balaban J connectivity index is 1.74. The topological polar surface area (TPSA) is 77.9 Å². The fourth-order valence-corrected chi connectivity index (χ4v) is 5.46. The summed E-state index contributed by atoms with van der Waals surface area (Å²) in [5.41, 5.74) is 1.16. The van der Waals surface area contributed by atoms with Crippen LogP contribution in [0.25, 0.3) is 0 Å². The number of nitrogens with zero attached hydrogens (tertiary/aromatic N) is 2. The Labute approximate surface area is 149 Å². The zero-order chi connectivity index (χ0) is 18.0. The number of rotatable bonds is 4. The summed E-state index contributed by atoms with van der Waals surface area (Å²) in [7, 11) is -3.43. The van der Waals surface area contributed by atoms with Gasteiger partial charge in [-0.3, -0.25) is 0 Å². The van der Waals surface area contributed by atoms with Crippen LogP contribution >= 0.6 is 0 Å². The molecule has 2 heterocycles. The highest BCUT2D eigenvalue weighted by atomic mass is 32.2. The predicted octanol–water partition coefficient (Wildman–Crippen LogP) is 2.54. The molecule has 6 nitrogen and oxygen atoms in total. The van der Waals surface area contributed by atoms with Crippen LogP contribution in [0.2, 0.25) is 0 Å². The van der Waals surface area contributed by atoms with E-state index in [0.29, 0.717) is 32.1 Å². The molecule has 138 valence electrons. The van der Waals surface area contributed by atoms with Crippen molar-refractivity contribution in [1.82, 2.24) is 8.61 Å². The Morgan fingerprint density at radius 3 is 2.52 bits per heavy atom. The second kappa shape index (κ2) is 7.43. The highest BCUT2D eigenvalue weighted by Crippen LogP contribution is 2.30. The number of aromatic carboxylic acids is 1. The van der Waals surface area contributed by atoms with Crippen molar-refractivity contribution >= 4 is 16.2 Å². The van der Waals surface area contributed by atoms with Crippen LogP contribution in [0.4, 0.5) is 0 Å². The Bertz CT molecular complexity index is 726. The van der Waals surface area contributed by atoms with Crippen LogP contribution in [-0.4, -0.2) is 54.3 Å². The zero-order valence-electron chi connectivity index (χ0n) is 14.6. The molecule has 1 N–H and O–H groups in total. The van der Waals surface area contributed by atoms with E-state index < -0.39 is 16.2 Å². The van der Waals surface area contributed by atoms with E-state index in [1.807, 2.05) is 6.07 Å². The van der Waals surface area contributed by atoms with Crippen LogP contribution in [0.15, 0.2) is 24.3 Å². The highest BCUT2D eigenvalue weighted by molar-refractivity contribution is 7.86. The van der Waals surface area contributed by atoms with E-state index in [2.05, 4.69) is 6.92 Å². The molecule has 0 unspecified atom stereocenters. The first-order chi connectivity index (χ1) is 11.9. The van der Waals surface area contributed by atoms with Gasteiger partial charge in [0.1, 0.15) is 0 Å². The first-order valence-corrected chi connectivity index (χ1v) is 10.4. The molecule has 0 radical (unpaired) electrons. The maximum atomic E-state index is 13.0. The second-order valence-electron chi connectivity index (χ2n) is 7.22. The number of carboxylic acid groups (broad SMARTS) is 1. The second-order valence-corrected chi connectivity index (χ2v) is 9.15. The molecule has 3 rings (SSSR count). The van der Waals surface area contributed by atoms with Crippen molar-refractivity contribution in [2.24, 2.45) is 5.92 Å². The van der Waals surface area contributed by atoms with E-state index >= 15 is 0 Å². The number of carboxylic acids is 1. The van der Waals surface area contributed by atoms with E-state index in [1.54, 1.807) is 26.8 Å². The molecule has 2 saturated heterocycles. The molecule has 2 aliphatic rings. The first kappa shape index (κ1) is 18.4. The lowest BCUT2D eigenvalue weighted by atomic mass is 9.91. The molecule has 0 amide bonds. The van der Waals surface area contributed by atoms with Crippen LogP contribution in [0, 0.1) is 5.92 Å². The Hall–Kier alpha value is -1.44. The van der Waals surface area contributed by atoms with Crippen molar-refractivity contribution in [2.75, 3.05) is 26.2 Å². The quantitative estimate of drug-likeness (QED) is 0.888. The molecule has 7 heteroatoms. The number of carbonyl (C=O) groups is 1. The molecule has 2 fully saturated rings. The minimum absolute atomic E-state index is 0.0477. The minimum atomic E-state index is -3.43. The van der Waals surface area contributed by atoms with Gasteiger partial charge in [-0.15, -0.1) is 0 Å². The Morgan fingerprint density at radius 2 is 1.84 bits per heavy atom. The standard InChI is InChI=1S/C18H26N2O4S/c1-14-7-10-19(11-8-14)25(23,24)20-9-3-6-17(13-20)15-4-2-5-16(12-15)18(21)22/h2,4-5,12,14,17H,3,6-11,13H2,1H3,(H,21,22)/t17-/m1/s1. The summed E-state index contributed by atoms with van der Waals surface area (Å²) in [6.45, 7) is 4.33. The van der Waals surface area contributed by atoms with E-state index in [4.69, 9.17) is 5.11 Å². The molecule has 0 bridgehead atoms. The molecule has 1 atom stereocenters. The average Bonchev–Trinajstić information content (AvgIpc) is 2.62. The van der Waals surface area contributed by atoms with Gasteiger partial charge in [-0.25, -0.2) is 4.79 Å².